The van der Waals surface area contributed by atoms with Gasteiger partial charge in [-0.15, -0.1) is 6.42 Å². The van der Waals surface area contributed by atoms with E-state index in [4.69, 9.17) is 19.5 Å². The molecule has 0 spiro atoms. The Morgan fingerprint density at radius 3 is 2.39 bits per heavy atom. The number of hydrogen-bond acceptors (Lipinski definition) is 4. The Morgan fingerprint density at radius 2 is 1.78 bits per heavy atom. The topological polar surface area (TPSA) is 27.7 Å². The van der Waals surface area contributed by atoms with Gasteiger partial charge in [-0.1, -0.05) is 45.2 Å². The van der Waals surface area contributed by atoms with E-state index in [-0.39, 0.29) is 24.2 Å². The fourth-order valence-corrected chi connectivity index (χ4v) is 3.15. The van der Waals surface area contributed by atoms with Crippen molar-refractivity contribution in [2.45, 2.75) is 64.1 Å². The van der Waals surface area contributed by atoms with Crippen molar-refractivity contribution in [1.29, 1.82) is 0 Å². The fourth-order valence-electron chi connectivity index (χ4n) is 2.65. The van der Waals surface area contributed by atoms with Gasteiger partial charge in [0.1, 0.15) is 24.6 Å². The Labute approximate surface area is 144 Å². The lowest BCUT2D eigenvalue weighted by atomic mass is 9.87. The van der Waals surface area contributed by atoms with Crippen LogP contribution in [0.1, 0.15) is 52.0 Å². The van der Waals surface area contributed by atoms with Crippen LogP contribution in [-0.2, 0) is 13.8 Å². The molecule has 126 valence electrons. The second-order valence-corrected chi connectivity index (χ2v) is 7.45. The van der Waals surface area contributed by atoms with Crippen LogP contribution >= 0.6 is 12.3 Å². The number of hydrogen-bond donors (Lipinski definition) is 0. The molecule has 1 aliphatic rings. The van der Waals surface area contributed by atoms with E-state index in [1.807, 2.05) is 12.1 Å². The van der Waals surface area contributed by atoms with E-state index < -0.39 is 0 Å². The highest BCUT2D eigenvalue weighted by Gasteiger charge is 2.28. The average molecular weight is 334 g/mol. The van der Waals surface area contributed by atoms with Crippen LogP contribution in [0.5, 0.6) is 5.75 Å². The third kappa shape index (κ3) is 5.76. The molecule has 2 rings (SSSR count). The predicted octanol–water partition coefficient (Wildman–Crippen LogP) is 4.90. The van der Waals surface area contributed by atoms with Crippen molar-refractivity contribution in [3.05, 3.63) is 29.8 Å². The van der Waals surface area contributed by atoms with Crippen molar-refractivity contribution in [1.82, 2.24) is 0 Å². The highest BCUT2D eigenvalue weighted by Crippen LogP contribution is 2.30. The zero-order valence-corrected chi connectivity index (χ0v) is 15.0. The summed E-state index contributed by atoms with van der Waals surface area (Å²) in [6.45, 7) is 6.88. The van der Waals surface area contributed by atoms with Crippen LogP contribution in [0.25, 0.3) is 0 Å². The average Bonchev–Trinajstić information content (AvgIpc) is 2.53. The molecular formula is C19H26O3S. The summed E-state index contributed by atoms with van der Waals surface area (Å²) in [7, 11) is 0. The lowest BCUT2D eigenvalue weighted by Gasteiger charge is -2.30. The minimum atomic E-state index is 0.0359. The van der Waals surface area contributed by atoms with Crippen LogP contribution in [0.2, 0.25) is 0 Å². The molecule has 23 heavy (non-hydrogen) atoms. The zero-order valence-electron chi connectivity index (χ0n) is 14.2. The molecule has 2 atom stereocenters. The van der Waals surface area contributed by atoms with Crippen LogP contribution in [-0.4, -0.2) is 18.8 Å². The summed E-state index contributed by atoms with van der Waals surface area (Å²) in [5.74, 6) is 3.32. The van der Waals surface area contributed by atoms with E-state index in [1.165, 1.54) is 12.0 Å². The van der Waals surface area contributed by atoms with Gasteiger partial charge in [-0.05, 0) is 42.4 Å². The third-order valence-electron chi connectivity index (χ3n) is 4.00. The Hall–Kier alpha value is -1.15. The monoisotopic (exact) mass is 334 g/mol. The summed E-state index contributed by atoms with van der Waals surface area (Å²) in [6, 6.07) is 8.38. The smallest absolute Gasteiger partial charge is 0.160 e. The summed E-state index contributed by atoms with van der Waals surface area (Å²) in [6.07, 6.45) is 9.56. The minimum Gasteiger partial charge on any atom is -0.488 e. The maximum Gasteiger partial charge on any atom is 0.160 e. The Balaban J connectivity index is 1.92. The Bertz CT molecular complexity index is 513. The molecule has 4 heteroatoms. The summed E-state index contributed by atoms with van der Waals surface area (Å²) in [4.78, 5) is 0. The van der Waals surface area contributed by atoms with Gasteiger partial charge in [0.2, 0.25) is 0 Å². The molecule has 2 unspecified atom stereocenters. The largest absolute Gasteiger partial charge is 0.488 e. The first-order valence-electron chi connectivity index (χ1n) is 8.16. The normalized spacial score (nSPS) is 21.7. The number of benzene rings is 1. The van der Waals surface area contributed by atoms with Crippen molar-refractivity contribution in [3.63, 3.8) is 0 Å². The summed E-state index contributed by atoms with van der Waals surface area (Å²) >= 11 is 0.982. The molecule has 0 aliphatic heterocycles. The third-order valence-corrected chi connectivity index (χ3v) is 4.54. The van der Waals surface area contributed by atoms with Gasteiger partial charge in [0.05, 0.1) is 0 Å². The van der Waals surface area contributed by atoms with E-state index in [0.29, 0.717) is 0 Å². The Kier molecular flexibility index (Phi) is 6.83. The molecule has 0 aromatic heterocycles. The van der Waals surface area contributed by atoms with Gasteiger partial charge in [-0.2, -0.15) is 0 Å². The molecule has 0 bridgehead atoms. The maximum atomic E-state index is 6.16. The van der Waals surface area contributed by atoms with Crippen molar-refractivity contribution >= 4 is 12.3 Å². The van der Waals surface area contributed by atoms with Gasteiger partial charge >= 0.3 is 0 Å². The van der Waals surface area contributed by atoms with E-state index in [0.717, 1.165) is 37.3 Å². The molecule has 0 radical (unpaired) electrons. The van der Waals surface area contributed by atoms with Crippen LogP contribution in [0.4, 0.5) is 0 Å². The molecule has 0 saturated heterocycles. The van der Waals surface area contributed by atoms with Crippen molar-refractivity contribution in [2.75, 3.05) is 6.61 Å². The number of ether oxygens (including phenoxy) is 1. The predicted molar refractivity (Wildman–Crippen MR) is 95.3 cm³/mol. The lowest BCUT2D eigenvalue weighted by Crippen LogP contribution is -2.35. The van der Waals surface area contributed by atoms with Crippen molar-refractivity contribution in [3.8, 4) is 18.1 Å². The van der Waals surface area contributed by atoms with Gasteiger partial charge < -0.3 is 4.74 Å². The van der Waals surface area contributed by atoms with Gasteiger partial charge in [-0.3, -0.25) is 8.37 Å². The summed E-state index contributed by atoms with van der Waals surface area (Å²) in [5, 5.41) is 0. The fraction of sp³-hybridized carbons (Fsp3) is 0.579. The highest BCUT2D eigenvalue weighted by molar-refractivity contribution is 7.89. The standard InChI is InChI=1S/C19H26O3S/c1-5-14-20-23-22-18-9-7-6-8-17(18)21-16-12-10-15(11-13-16)19(2,3)4/h1,10-13,17-18H,6-9,14H2,2-4H3. The molecular weight excluding hydrogens is 308 g/mol. The van der Waals surface area contributed by atoms with E-state index in [9.17, 15) is 0 Å². The second kappa shape index (κ2) is 8.63. The van der Waals surface area contributed by atoms with Crippen LogP contribution in [0.15, 0.2) is 24.3 Å². The minimum absolute atomic E-state index is 0.0359. The molecule has 1 aromatic carbocycles. The lowest BCUT2D eigenvalue weighted by molar-refractivity contribution is 0.0301. The Morgan fingerprint density at radius 1 is 1.13 bits per heavy atom. The van der Waals surface area contributed by atoms with Gasteiger partial charge in [0.25, 0.3) is 0 Å². The van der Waals surface area contributed by atoms with Gasteiger partial charge in [-0.25, -0.2) is 0 Å². The van der Waals surface area contributed by atoms with E-state index in [2.05, 4.69) is 38.8 Å². The molecule has 1 fully saturated rings. The molecule has 0 N–H and O–H groups in total. The number of rotatable bonds is 6. The SMILES string of the molecule is C#CCOSOC1CCCCC1Oc1ccc(C(C)(C)C)cc1. The quantitative estimate of drug-likeness (QED) is 0.420. The van der Waals surface area contributed by atoms with Crippen LogP contribution in [0, 0.1) is 12.3 Å². The molecule has 0 amide bonds. The molecule has 1 aromatic rings. The highest BCUT2D eigenvalue weighted by atomic mass is 32.2. The first kappa shape index (κ1) is 18.2. The molecule has 1 aliphatic carbocycles. The van der Waals surface area contributed by atoms with Crippen LogP contribution < -0.4 is 4.74 Å². The maximum absolute atomic E-state index is 6.16. The second-order valence-electron chi connectivity index (χ2n) is 6.88. The van der Waals surface area contributed by atoms with Gasteiger partial charge in [0.15, 0.2) is 12.3 Å². The van der Waals surface area contributed by atoms with Crippen molar-refractivity contribution in [2.24, 2.45) is 0 Å². The first-order chi connectivity index (χ1) is 11.0. The molecule has 0 heterocycles. The number of terminal acetylenes is 1. The first-order valence-corrected chi connectivity index (χ1v) is 8.83. The van der Waals surface area contributed by atoms with Gasteiger partial charge in [0, 0.05) is 0 Å². The summed E-state index contributed by atoms with van der Waals surface area (Å²) < 4.78 is 17.0. The van der Waals surface area contributed by atoms with Crippen molar-refractivity contribution < 1.29 is 13.1 Å². The van der Waals surface area contributed by atoms with E-state index in [1.54, 1.807) is 0 Å². The summed E-state index contributed by atoms with van der Waals surface area (Å²) in [5.41, 5.74) is 1.46. The van der Waals surface area contributed by atoms with Crippen LogP contribution in [0.3, 0.4) is 0 Å². The molecule has 1 saturated carbocycles. The zero-order chi connectivity index (χ0) is 16.7. The molecule has 3 nitrogen and oxygen atoms in total. The van der Waals surface area contributed by atoms with E-state index >= 15 is 0 Å².